The van der Waals surface area contributed by atoms with Crippen LogP contribution in [0.15, 0.2) is 48.8 Å². The smallest absolute Gasteiger partial charge is 0.255 e. The predicted molar refractivity (Wildman–Crippen MR) is 128 cm³/mol. The Labute approximate surface area is 201 Å². The second-order valence-electron chi connectivity index (χ2n) is 9.97. The van der Waals surface area contributed by atoms with Crippen LogP contribution in [0.2, 0.25) is 0 Å². The topological polar surface area (TPSA) is 108 Å². The normalized spacial score (nSPS) is 27.7. The Morgan fingerprint density at radius 1 is 1.09 bits per heavy atom. The molecule has 2 aromatic rings. The van der Waals surface area contributed by atoms with Gasteiger partial charge in [-0.05, 0) is 69.9 Å². The predicted octanol–water partition coefficient (Wildman–Crippen LogP) is 2.38. The summed E-state index contributed by atoms with van der Waals surface area (Å²) in [6, 6.07) is 11.8. The Hall–Kier alpha value is -2.71. The van der Waals surface area contributed by atoms with Gasteiger partial charge in [0.05, 0.1) is 11.6 Å². The molecule has 1 aliphatic carbocycles. The quantitative estimate of drug-likeness (QED) is 0.578. The third-order valence-corrected chi connectivity index (χ3v) is 7.84. The number of benzene rings is 1. The van der Waals surface area contributed by atoms with E-state index in [1.807, 2.05) is 61.1 Å². The van der Waals surface area contributed by atoms with E-state index in [4.69, 9.17) is 0 Å². The molecule has 3 N–H and O–H groups in total. The van der Waals surface area contributed by atoms with Crippen LogP contribution in [0.4, 0.5) is 0 Å². The van der Waals surface area contributed by atoms with Gasteiger partial charge in [0.15, 0.2) is 12.2 Å². The molecule has 1 saturated carbocycles. The van der Waals surface area contributed by atoms with Crippen molar-refractivity contribution in [3.05, 3.63) is 54.4 Å². The van der Waals surface area contributed by atoms with Crippen molar-refractivity contribution < 1.29 is 19.8 Å². The Balaban J connectivity index is 1.32. The summed E-state index contributed by atoms with van der Waals surface area (Å²) in [5, 5.41) is 28.4. The molecule has 4 rings (SSSR count). The Bertz CT molecular complexity index is 958. The number of nitrogens with zero attached hydrogens (tertiary/aromatic N) is 3. The van der Waals surface area contributed by atoms with Gasteiger partial charge in [-0.2, -0.15) is 5.10 Å². The summed E-state index contributed by atoms with van der Waals surface area (Å²) in [4.78, 5) is 27.5. The Morgan fingerprint density at radius 2 is 1.79 bits per heavy atom. The van der Waals surface area contributed by atoms with Gasteiger partial charge in [-0.3, -0.25) is 14.3 Å². The van der Waals surface area contributed by atoms with E-state index in [0.29, 0.717) is 12.6 Å². The number of nitrogens with one attached hydrogen (secondary N) is 1. The number of rotatable bonds is 7. The highest BCUT2D eigenvalue weighted by atomic mass is 16.3. The lowest BCUT2D eigenvalue weighted by molar-refractivity contribution is -0.156. The molecule has 34 heavy (non-hydrogen) atoms. The highest BCUT2D eigenvalue weighted by molar-refractivity contribution is 5.91. The standard InChI is InChI=1S/C26H36N4O4/c1-18(19-10-12-21(13-11-19)30-17-7-15-27-30)28-24(33)22(31)23(32)25(34)29-16-6-14-26(29,2)20-8-4-3-5-9-20/h3-5,7-9,15,17-19,21-23,31-32H,6,10-14,16H2,1-2H3,(H,28,33)/t18-,19?,21?,22-,23-,26?/m1/s1. The number of carbonyl (C=O) groups excluding carboxylic acids is 2. The van der Waals surface area contributed by atoms with Crippen molar-refractivity contribution in [2.45, 2.75) is 82.2 Å². The van der Waals surface area contributed by atoms with Crippen LogP contribution in [0, 0.1) is 5.92 Å². The fraction of sp³-hybridized carbons (Fsp3) is 0.577. The number of amides is 2. The minimum atomic E-state index is -1.81. The monoisotopic (exact) mass is 468 g/mol. The summed E-state index contributed by atoms with van der Waals surface area (Å²) in [5.74, 6) is -1.04. The lowest BCUT2D eigenvalue weighted by atomic mass is 9.82. The summed E-state index contributed by atoms with van der Waals surface area (Å²) in [7, 11) is 0. The average molecular weight is 469 g/mol. The van der Waals surface area contributed by atoms with Gasteiger partial charge in [0.25, 0.3) is 11.8 Å². The van der Waals surface area contributed by atoms with Crippen molar-refractivity contribution in [1.29, 1.82) is 0 Å². The molecule has 0 bridgehead atoms. The lowest BCUT2D eigenvalue weighted by Gasteiger charge is -2.38. The van der Waals surface area contributed by atoms with Gasteiger partial charge in [0, 0.05) is 25.0 Å². The second kappa shape index (κ2) is 10.3. The van der Waals surface area contributed by atoms with Gasteiger partial charge in [0.1, 0.15) is 0 Å². The summed E-state index contributed by atoms with van der Waals surface area (Å²) < 4.78 is 1.99. The van der Waals surface area contributed by atoms with E-state index in [1.165, 1.54) is 0 Å². The molecule has 1 saturated heterocycles. The molecule has 2 heterocycles. The van der Waals surface area contributed by atoms with Crippen LogP contribution in [0.25, 0.3) is 0 Å². The van der Waals surface area contributed by atoms with E-state index in [9.17, 15) is 19.8 Å². The molecule has 1 aliphatic heterocycles. The van der Waals surface area contributed by atoms with E-state index in [-0.39, 0.29) is 12.0 Å². The first-order valence-corrected chi connectivity index (χ1v) is 12.3. The van der Waals surface area contributed by atoms with E-state index in [0.717, 1.165) is 44.1 Å². The number of likely N-dealkylation sites (tertiary alicyclic amines) is 1. The zero-order chi connectivity index (χ0) is 24.3. The number of aliphatic hydroxyl groups excluding tert-OH is 2. The first-order chi connectivity index (χ1) is 16.3. The minimum absolute atomic E-state index is 0.163. The van der Waals surface area contributed by atoms with Crippen molar-refractivity contribution in [3.63, 3.8) is 0 Å². The molecule has 8 nitrogen and oxygen atoms in total. The first-order valence-electron chi connectivity index (χ1n) is 12.3. The molecule has 1 unspecified atom stereocenters. The van der Waals surface area contributed by atoms with Gasteiger partial charge in [-0.15, -0.1) is 0 Å². The third-order valence-electron chi connectivity index (χ3n) is 7.84. The summed E-state index contributed by atoms with van der Waals surface area (Å²) in [5.41, 5.74) is 0.405. The van der Waals surface area contributed by atoms with Gasteiger partial charge in [-0.25, -0.2) is 0 Å². The van der Waals surface area contributed by atoms with Crippen LogP contribution in [0.3, 0.4) is 0 Å². The van der Waals surface area contributed by atoms with Gasteiger partial charge in [0.2, 0.25) is 0 Å². The molecule has 0 spiro atoms. The van der Waals surface area contributed by atoms with Crippen molar-refractivity contribution in [1.82, 2.24) is 20.0 Å². The number of carbonyl (C=O) groups is 2. The number of aromatic nitrogens is 2. The summed E-state index contributed by atoms with van der Waals surface area (Å²) in [6.07, 6.45) is 5.54. The van der Waals surface area contributed by atoms with E-state index >= 15 is 0 Å². The summed E-state index contributed by atoms with van der Waals surface area (Å²) >= 11 is 0. The molecular weight excluding hydrogens is 432 g/mol. The third kappa shape index (κ3) is 4.88. The molecule has 184 valence electrons. The van der Waals surface area contributed by atoms with Gasteiger partial charge >= 0.3 is 0 Å². The van der Waals surface area contributed by atoms with Crippen LogP contribution in [0.5, 0.6) is 0 Å². The second-order valence-corrected chi connectivity index (χ2v) is 9.97. The van der Waals surface area contributed by atoms with E-state index in [2.05, 4.69) is 10.4 Å². The molecule has 1 aromatic heterocycles. The lowest BCUT2D eigenvalue weighted by Crippen LogP contribution is -2.55. The van der Waals surface area contributed by atoms with Crippen LogP contribution >= 0.6 is 0 Å². The maximum atomic E-state index is 13.1. The van der Waals surface area contributed by atoms with E-state index in [1.54, 1.807) is 11.1 Å². The number of hydrogen-bond donors (Lipinski definition) is 3. The average Bonchev–Trinajstić information content (AvgIpc) is 3.54. The minimum Gasteiger partial charge on any atom is -0.380 e. The number of hydrogen-bond acceptors (Lipinski definition) is 5. The molecule has 2 aliphatic rings. The Morgan fingerprint density at radius 3 is 2.44 bits per heavy atom. The van der Waals surface area contributed by atoms with Crippen molar-refractivity contribution in [2.75, 3.05) is 6.54 Å². The molecule has 0 radical (unpaired) electrons. The largest absolute Gasteiger partial charge is 0.380 e. The van der Waals surface area contributed by atoms with Crippen LogP contribution in [-0.4, -0.2) is 61.5 Å². The molecule has 2 fully saturated rings. The van der Waals surface area contributed by atoms with Crippen LogP contribution in [0.1, 0.15) is 64.0 Å². The van der Waals surface area contributed by atoms with E-state index < -0.39 is 29.6 Å². The molecular formula is C26H36N4O4. The van der Waals surface area contributed by atoms with Crippen LogP contribution < -0.4 is 5.32 Å². The van der Waals surface area contributed by atoms with Gasteiger partial charge in [-0.1, -0.05) is 30.3 Å². The fourth-order valence-corrected chi connectivity index (χ4v) is 5.64. The molecule has 4 atom stereocenters. The molecule has 8 heteroatoms. The SMILES string of the molecule is C[C@@H](NC(=O)[C@H](O)[C@@H](O)C(=O)N1CCCC1(C)c1ccccc1)C1CCC(n2cccn2)CC1. The molecule has 1 aromatic carbocycles. The van der Waals surface area contributed by atoms with Crippen LogP contribution in [-0.2, 0) is 15.1 Å². The maximum absolute atomic E-state index is 13.1. The van der Waals surface area contributed by atoms with Crippen molar-refractivity contribution in [3.8, 4) is 0 Å². The van der Waals surface area contributed by atoms with Crippen molar-refractivity contribution in [2.24, 2.45) is 5.92 Å². The Kier molecular flexibility index (Phi) is 7.38. The van der Waals surface area contributed by atoms with Gasteiger partial charge < -0.3 is 20.4 Å². The zero-order valence-corrected chi connectivity index (χ0v) is 20.0. The highest BCUT2D eigenvalue weighted by Gasteiger charge is 2.45. The highest BCUT2D eigenvalue weighted by Crippen LogP contribution is 2.39. The zero-order valence-electron chi connectivity index (χ0n) is 20.0. The van der Waals surface area contributed by atoms with Crippen molar-refractivity contribution >= 4 is 11.8 Å². The first kappa shape index (κ1) is 24.4. The number of aliphatic hydroxyl groups is 2. The summed E-state index contributed by atoms with van der Waals surface area (Å²) in [6.45, 7) is 4.37. The molecule has 2 amide bonds. The fourth-order valence-electron chi connectivity index (χ4n) is 5.64. The maximum Gasteiger partial charge on any atom is 0.255 e.